The Morgan fingerprint density at radius 1 is 1.35 bits per heavy atom. The summed E-state index contributed by atoms with van der Waals surface area (Å²) in [5, 5.41) is 12.2. The highest BCUT2D eigenvalue weighted by molar-refractivity contribution is 5.96. The first-order valence-corrected chi connectivity index (χ1v) is 6.86. The van der Waals surface area contributed by atoms with Crippen LogP contribution in [0.3, 0.4) is 0 Å². The van der Waals surface area contributed by atoms with Crippen LogP contribution in [-0.4, -0.2) is 28.1 Å². The summed E-state index contributed by atoms with van der Waals surface area (Å²) < 4.78 is 18.3. The van der Waals surface area contributed by atoms with Gasteiger partial charge in [-0.3, -0.25) is 4.79 Å². The lowest BCUT2D eigenvalue weighted by atomic mass is 10.2. The van der Waals surface area contributed by atoms with Crippen molar-refractivity contribution in [2.75, 3.05) is 7.11 Å². The van der Waals surface area contributed by atoms with Crippen molar-refractivity contribution in [3.8, 4) is 11.5 Å². The van der Waals surface area contributed by atoms with Crippen molar-refractivity contribution in [1.29, 1.82) is 0 Å². The van der Waals surface area contributed by atoms with E-state index in [4.69, 9.17) is 4.74 Å². The molecule has 1 aromatic heterocycles. The van der Waals surface area contributed by atoms with Crippen molar-refractivity contribution in [3.63, 3.8) is 0 Å². The zero-order valence-electron chi connectivity index (χ0n) is 12.3. The molecule has 0 saturated heterocycles. The lowest BCUT2D eigenvalue weighted by molar-refractivity contribution is 0.0947. The maximum atomic E-state index is 13.2. The van der Waals surface area contributed by atoms with E-state index < -0.39 is 11.7 Å². The summed E-state index contributed by atoms with van der Waals surface area (Å²) in [5.74, 6) is -0.221. The van der Waals surface area contributed by atoms with E-state index in [1.807, 2.05) is 0 Å². The Morgan fingerprint density at radius 2 is 2.17 bits per heavy atom. The van der Waals surface area contributed by atoms with Crippen LogP contribution in [0.25, 0.3) is 11.0 Å². The quantitative estimate of drug-likeness (QED) is 0.689. The highest BCUT2D eigenvalue weighted by Gasteiger charge is 2.13. The third-order valence-corrected chi connectivity index (χ3v) is 3.36. The number of nitrogens with one attached hydrogen (secondary N) is 2. The first-order valence-electron chi connectivity index (χ1n) is 6.86. The minimum Gasteiger partial charge on any atom is -0.507 e. The third kappa shape index (κ3) is 3.08. The van der Waals surface area contributed by atoms with Crippen LogP contribution >= 0.6 is 0 Å². The number of hydrogen-bond acceptors (Lipinski definition) is 4. The molecule has 1 amide bonds. The number of phenols is 1. The molecule has 0 aliphatic heterocycles. The summed E-state index contributed by atoms with van der Waals surface area (Å²) in [7, 11) is 1.57. The molecule has 23 heavy (non-hydrogen) atoms. The van der Waals surface area contributed by atoms with Crippen molar-refractivity contribution in [2.24, 2.45) is 0 Å². The predicted octanol–water partition coefficient (Wildman–Crippen LogP) is 2.35. The van der Waals surface area contributed by atoms with Gasteiger partial charge in [-0.25, -0.2) is 9.37 Å². The van der Waals surface area contributed by atoms with Crippen LogP contribution in [0.2, 0.25) is 0 Å². The molecular weight excluding hydrogens is 301 g/mol. The number of rotatable bonds is 4. The molecule has 0 atom stereocenters. The number of H-pyrrole nitrogens is 1. The van der Waals surface area contributed by atoms with Crippen molar-refractivity contribution >= 4 is 16.9 Å². The second kappa shape index (κ2) is 5.96. The molecule has 0 aliphatic carbocycles. The SMILES string of the molecule is COc1ccc2nc(CNC(=O)c3cc(F)ccc3O)[nH]c2c1. The first-order chi connectivity index (χ1) is 11.1. The average Bonchev–Trinajstić information content (AvgIpc) is 2.96. The summed E-state index contributed by atoms with van der Waals surface area (Å²) in [4.78, 5) is 19.4. The molecule has 0 spiro atoms. The number of hydrogen-bond donors (Lipinski definition) is 3. The van der Waals surface area contributed by atoms with Gasteiger partial charge >= 0.3 is 0 Å². The van der Waals surface area contributed by atoms with Crippen LogP contribution in [0.1, 0.15) is 16.2 Å². The number of aromatic nitrogens is 2. The van der Waals surface area contributed by atoms with E-state index >= 15 is 0 Å². The molecule has 0 bridgehead atoms. The van der Waals surface area contributed by atoms with Gasteiger partial charge in [-0.2, -0.15) is 0 Å². The van der Waals surface area contributed by atoms with E-state index in [9.17, 15) is 14.3 Å². The molecule has 0 radical (unpaired) electrons. The number of halogens is 1. The van der Waals surface area contributed by atoms with E-state index in [2.05, 4.69) is 15.3 Å². The molecule has 7 heteroatoms. The Morgan fingerprint density at radius 3 is 2.96 bits per heavy atom. The van der Waals surface area contributed by atoms with E-state index in [-0.39, 0.29) is 17.9 Å². The second-order valence-corrected chi connectivity index (χ2v) is 4.91. The van der Waals surface area contributed by atoms with Gasteiger partial charge in [-0.1, -0.05) is 0 Å². The van der Waals surface area contributed by atoms with Crippen molar-refractivity contribution in [1.82, 2.24) is 15.3 Å². The summed E-state index contributed by atoms with van der Waals surface area (Å²) in [6.07, 6.45) is 0. The van der Waals surface area contributed by atoms with Gasteiger partial charge in [0, 0.05) is 6.07 Å². The molecule has 6 nitrogen and oxygen atoms in total. The Balaban J connectivity index is 1.75. The minimum absolute atomic E-state index is 0.117. The largest absolute Gasteiger partial charge is 0.507 e. The Hall–Kier alpha value is -3.09. The fourth-order valence-electron chi connectivity index (χ4n) is 2.20. The molecule has 3 rings (SSSR count). The predicted molar refractivity (Wildman–Crippen MR) is 81.9 cm³/mol. The number of fused-ring (bicyclic) bond motifs is 1. The average molecular weight is 315 g/mol. The van der Waals surface area contributed by atoms with Crippen LogP contribution < -0.4 is 10.1 Å². The fraction of sp³-hybridized carbons (Fsp3) is 0.125. The molecule has 3 N–H and O–H groups in total. The number of nitrogens with zero attached hydrogens (tertiary/aromatic N) is 1. The maximum absolute atomic E-state index is 13.2. The van der Waals surface area contributed by atoms with Crippen LogP contribution in [0.15, 0.2) is 36.4 Å². The molecule has 0 saturated carbocycles. The molecule has 118 valence electrons. The summed E-state index contributed by atoms with van der Waals surface area (Å²) in [6.45, 7) is 0.117. The molecule has 3 aromatic rings. The zero-order valence-corrected chi connectivity index (χ0v) is 12.3. The molecule has 0 aliphatic rings. The normalized spacial score (nSPS) is 10.7. The number of methoxy groups -OCH3 is 1. The van der Waals surface area contributed by atoms with E-state index in [1.165, 1.54) is 0 Å². The smallest absolute Gasteiger partial charge is 0.255 e. The molecule has 0 fully saturated rings. The van der Waals surface area contributed by atoms with E-state index in [0.29, 0.717) is 11.6 Å². The third-order valence-electron chi connectivity index (χ3n) is 3.36. The highest BCUT2D eigenvalue weighted by atomic mass is 19.1. The number of aromatic amines is 1. The summed E-state index contributed by atoms with van der Waals surface area (Å²) >= 11 is 0. The maximum Gasteiger partial charge on any atom is 0.255 e. The number of carbonyl (C=O) groups is 1. The Labute approximate surface area is 130 Å². The standard InChI is InChI=1S/C16H14FN3O3/c1-23-10-3-4-12-13(7-10)20-15(19-12)8-18-16(22)11-6-9(17)2-5-14(11)21/h2-7,21H,8H2,1H3,(H,18,22)(H,19,20). The molecule has 1 heterocycles. The monoisotopic (exact) mass is 315 g/mol. The van der Waals surface area contributed by atoms with Crippen molar-refractivity contribution in [3.05, 3.63) is 53.6 Å². The number of imidazole rings is 1. The zero-order chi connectivity index (χ0) is 16.4. The lowest BCUT2D eigenvalue weighted by Gasteiger charge is -2.05. The van der Waals surface area contributed by atoms with Crippen LogP contribution in [-0.2, 0) is 6.54 Å². The number of aromatic hydroxyl groups is 1. The number of amides is 1. The Kier molecular flexibility index (Phi) is 3.84. The van der Waals surface area contributed by atoms with Gasteiger partial charge in [-0.05, 0) is 30.3 Å². The number of phenolic OH excluding ortho intramolecular Hbond substituents is 1. The van der Waals surface area contributed by atoms with Crippen molar-refractivity contribution < 1.29 is 19.0 Å². The van der Waals surface area contributed by atoms with Gasteiger partial charge < -0.3 is 20.1 Å². The van der Waals surface area contributed by atoms with Gasteiger partial charge in [-0.15, -0.1) is 0 Å². The number of benzene rings is 2. The van der Waals surface area contributed by atoms with Crippen LogP contribution in [0, 0.1) is 5.82 Å². The summed E-state index contributed by atoms with van der Waals surface area (Å²) in [5.41, 5.74) is 1.40. The van der Waals surface area contributed by atoms with Gasteiger partial charge in [0.15, 0.2) is 0 Å². The molecular formula is C16H14FN3O3. The molecule has 2 aromatic carbocycles. The minimum atomic E-state index is -0.594. The van der Waals surface area contributed by atoms with Gasteiger partial charge in [0.25, 0.3) is 5.91 Å². The first kappa shape index (κ1) is 14.8. The number of carbonyl (C=O) groups excluding carboxylic acids is 1. The van der Waals surface area contributed by atoms with Crippen LogP contribution in [0.4, 0.5) is 4.39 Å². The Bertz CT molecular complexity index is 876. The van der Waals surface area contributed by atoms with Gasteiger partial charge in [0.2, 0.25) is 0 Å². The van der Waals surface area contributed by atoms with E-state index in [0.717, 1.165) is 29.2 Å². The van der Waals surface area contributed by atoms with Gasteiger partial charge in [0.1, 0.15) is 23.1 Å². The topological polar surface area (TPSA) is 87.2 Å². The summed E-state index contributed by atoms with van der Waals surface area (Å²) in [6, 6.07) is 8.58. The second-order valence-electron chi connectivity index (χ2n) is 4.91. The van der Waals surface area contributed by atoms with Crippen molar-refractivity contribution in [2.45, 2.75) is 6.54 Å². The van der Waals surface area contributed by atoms with Gasteiger partial charge in [0.05, 0.1) is 30.3 Å². The number of ether oxygens (including phenoxy) is 1. The van der Waals surface area contributed by atoms with E-state index in [1.54, 1.807) is 25.3 Å². The highest BCUT2D eigenvalue weighted by Crippen LogP contribution is 2.19. The lowest BCUT2D eigenvalue weighted by Crippen LogP contribution is -2.23. The fourth-order valence-corrected chi connectivity index (χ4v) is 2.20. The van der Waals surface area contributed by atoms with Crippen LogP contribution in [0.5, 0.6) is 11.5 Å². The molecule has 0 unspecified atom stereocenters.